The van der Waals surface area contributed by atoms with E-state index in [-0.39, 0.29) is 17.3 Å². The molecule has 8 nitrogen and oxygen atoms in total. The number of rotatable bonds is 5. The third-order valence-electron chi connectivity index (χ3n) is 3.36. The van der Waals surface area contributed by atoms with Crippen LogP contribution in [0.3, 0.4) is 0 Å². The Labute approximate surface area is 148 Å². The van der Waals surface area contributed by atoms with Crippen molar-refractivity contribution in [2.24, 2.45) is 0 Å². The van der Waals surface area contributed by atoms with Crippen LogP contribution in [0.5, 0.6) is 0 Å². The first-order valence-corrected chi connectivity index (χ1v) is 7.66. The lowest BCUT2D eigenvalue weighted by molar-refractivity contribution is 0.0935. The van der Waals surface area contributed by atoms with Gasteiger partial charge in [0.1, 0.15) is 12.0 Å². The van der Waals surface area contributed by atoms with Crippen LogP contribution in [0.4, 0.5) is 23.0 Å². The van der Waals surface area contributed by atoms with Gasteiger partial charge in [-0.05, 0) is 42.8 Å². The smallest absolute Gasteiger partial charge is 0.305 e. The Morgan fingerprint density at radius 3 is 2.76 bits per heavy atom. The monoisotopic (exact) mass is 358 g/mol. The molecular formula is C16H15ClN6O2. The summed E-state index contributed by atoms with van der Waals surface area (Å²) in [6, 6.07) is 8.56. The van der Waals surface area contributed by atoms with Gasteiger partial charge in [-0.15, -0.1) is 0 Å². The lowest BCUT2D eigenvalue weighted by Gasteiger charge is -2.14. The molecule has 0 saturated heterocycles. The average molecular weight is 359 g/mol. The maximum Gasteiger partial charge on any atom is 0.305 e. The molecule has 0 unspecified atom stereocenters. The lowest BCUT2D eigenvalue weighted by atomic mass is 10.2. The Bertz CT molecular complexity index is 898. The molecule has 0 fully saturated rings. The number of nitrogen functional groups attached to an aromatic ring is 1. The van der Waals surface area contributed by atoms with Gasteiger partial charge in [0.25, 0.3) is 0 Å². The second-order valence-electron chi connectivity index (χ2n) is 5.13. The molecule has 0 radical (unpaired) electrons. The molecule has 0 saturated carbocycles. The normalized spacial score (nSPS) is 10.3. The predicted octanol–water partition coefficient (Wildman–Crippen LogP) is 3.11. The number of hydrogen-bond donors (Lipinski definition) is 4. The number of anilines is 4. The van der Waals surface area contributed by atoms with Crippen molar-refractivity contribution in [1.29, 1.82) is 0 Å². The molecule has 3 aromatic rings. The predicted molar refractivity (Wildman–Crippen MR) is 95.7 cm³/mol. The molecule has 0 spiro atoms. The van der Waals surface area contributed by atoms with Crippen molar-refractivity contribution in [2.45, 2.75) is 6.92 Å². The zero-order chi connectivity index (χ0) is 17.8. The number of hydrogen-bond acceptors (Lipinski definition) is 7. The van der Waals surface area contributed by atoms with Crippen LogP contribution < -0.4 is 21.9 Å². The van der Waals surface area contributed by atoms with Crippen LogP contribution in [0.25, 0.3) is 0 Å². The van der Waals surface area contributed by atoms with E-state index in [9.17, 15) is 4.79 Å². The molecule has 25 heavy (non-hydrogen) atoms. The maximum absolute atomic E-state index is 11.9. The molecule has 0 aliphatic heterocycles. The third kappa shape index (κ3) is 3.81. The van der Waals surface area contributed by atoms with E-state index in [1.165, 1.54) is 18.7 Å². The van der Waals surface area contributed by atoms with Crippen molar-refractivity contribution in [2.75, 3.05) is 16.5 Å². The van der Waals surface area contributed by atoms with Crippen LogP contribution in [-0.4, -0.2) is 15.9 Å². The number of carbonyl (C=O) groups excluding carboxylic acids is 1. The molecule has 0 bridgehead atoms. The summed E-state index contributed by atoms with van der Waals surface area (Å²) in [4.78, 5) is 20.0. The third-order valence-corrected chi connectivity index (χ3v) is 3.60. The number of nitrogens with two attached hydrogens (primary N) is 1. The minimum atomic E-state index is -0.453. The average Bonchev–Trinajstić information content (AvgIpc) is 3.12. The molecule has 2 aromatic heterocycles. The number of furan rings is 1. The number of hydrazine groups is 1. The summed E-state index contributed by atoms with van der Waals surface area (Å²) in [5, 5.41) is 3.76. The number of nitrogens with one attached hydrogen (secondary N) is 3. The molecule has 9 heteroatoms. The summed E-state index contributed by atoms with van der Waals surface area (Å²) in [5.74, 6) is 0.362. The number of benzene rings is 1. The van der Waals surface area contributed by atoms with Gasteiger partial charge in [0.2, 0.25) is 0 Å². The Hall–Kier alpha value is -3.26. The molecule has 2 heterocycles. The second-order valence-corrected chi connectivity index (χ2v) is 5.56. The number of halogens is 1. The molecule has 3 rings (SSSR count). The minimum Gasteiger partial charge on any atom is -0.459 e. The number of carbonyl (C=O) groups is 1. The lowest BCUT2D eigenvalue weighted by Crippen LogP contribution is -2.30. The Balaban J connectivity index is 1.74. The maximum atomic E-state index is 11.9. The van der Waals surface area contributed by atoms with Crippen LogP contribution >= 0.6 is 11.6 Å². The SMILES string of the molecule is Cc1cc(Cl)ccc1Nc1ncnc(NNC(=O)c2ccco2)c1N. The van der Waals surface area contributed by atoms with Gasteiger partial charge in [0.15, 0.2) is 17.4 Å². The fourth-order valence-electron chi connectivity index (χ4n) is 2.08. The summed E-state index contributed by atoms with van der Waals surface area (Å²) >= 11 is 5.95. The van der Waals surface area contributed by atoms with E-state index in [1.807, 2.05) is 19.1 Å². The van der Waals surface area contributed by atoms with Gasteiger partial charge in [-0.3, -0.25) is 15.6 Å². The van der Waals surface area contributed by atoms with Gasteiger partial charge in [0.05, 0.1) is 6.26 Å². The van der Waals surface area contributed by atoms with E-state index in [0.717, 1.165) is 11.3 Å². The summed E-state index contributed by atoms with van der Waals surface area (Å²) in [6.45, 7) is 1.91. The van der Waals surface area contributed by atoms with Crippen molar-refractivity contribution in [1.82, 2.24) is 15.4 Å². The van der Waals surface area contributed by atoms with Crippen LogP contribution in [0.15, 0.2) is 47.3 Å². The van der Waals surface area contributed by atoms with E-state index in [4.69, 9.17) is 21.8 Å². The molecule has 128 valence electrons. The Kier molecular flexibility index (Phi) is 4.71. The Morgan fingerprint density at radius 2 is 2.04 bits per heavy atom. The highest BCUT2D eigenvalue weighted by Crippen LogP contribution is 2.28. The van der Waals surface area contributed by atoms with Gasteiger partial charge in [0, 0.05) is 10.7 Å². The molecule has 0 atom stereocenters. The molecule has 1 amide bonds. The molecule has 1 aromatic carbocycles. The van der Waals surface area contributed by atoms with Gasteiger partial charge < -0.3 is 15.5 Å². The first kappa shape index (κ1) is 16.6. The highest BCUT2D eigenvalue weighted by molar-refractivity contribution is 6.30. The Morgan fingerprint density at radius 1 is 1.24 bits per heavy atom. The van der Waals surface area contributed by atoms with Crippen LogP contribution in [0.2, 0.25) is 5.02 Å². The van der Waals surface area contributed by atoms with E-state index < -0.39 is 5.91 Å². The van der Waals surface area contributed by atoms with E-state index in [2.05, 4.69) is 26.1 Å². The zero-order valence-corrected chi connectivity index (χ0v) is 14.0. The van der Waals surface area contributed by atoms with Crippen LogP contribution in [-0.2, 0) is 0 Å². The summed E-state index contributed by atoms with van der Waals surface area (Å²) < 4.78 is 5.00. The largest absolute Gasteiger partial charge is 0.459 e. The summed E-state index contributed by atoms with van der Waals surface area (Å²) in [7, 11) is 0. The molecular weight excluding hydrogens is 344 g/mol. The highest BCUT2D eigenvalue weighted by atomic mass is 35.5. The number of nitrogens with zero attached hydrogens (tertiary/aromatic N) is 2. The number of amides is 1. The van der Waals surface area contributed by atoms with Crippen molar-refractivity contribution in [3.05, 3.63) is 59.3 Å². The quantitative estimate of drug-likeness (QED) is 0.517. The number of aryl methyl sites for hydroxylation is 1. The first-order valence-electron chi connectivity index (χ1n) is 7.28. The molecule has 0 aliphatic carbocycles. The van der Waals surface area contributed by atoms with Crippen LogP contribution in [0, 0.1) is 6.92 Å². The minimum absolute atomic E-state index is 0.162. The topological polar surface area (TPSA) is 118 Å². The van der Waals surface area contributed by atoms with Gasteiger partial charge in [-0.2, -0.15) is 0 Å². The van der Waals surface area contributed by atoms with E-state index in [0.29, 0.717) is 10.8 Å². The fraction of sp³-hybridized carbons (Fsp3) is 0.0625. The second kappa shape index (κ2) is 7.10. The van der Waals surface area contributed by atoms with E-state index in [1.54, 1.807) is 12.1 Å². The molecule has 5 N–H and O–H groups in total. The van der Waals surface area contributed by atoms with Crippen molar-refractivity contribution in [3.8, 4) is 0 Å². The van der Waals surface area contributed by atoms with Gasteiger partial charge >= 0.3 is 5.91 Å². The van der Waals surface area contributed by atoms with Crippen LogP contribution in [0.1, 0.15) is 16.1 Å². The summed E-state index contributed by atoms with van der Waals surface area (Å²) in [6.07, 6.45) is 2.73. The van der Waals surface area contributed by atoms with E-state index >= 15 is 0 Å². The highest BCUT2D eigenvalue weighted by Gasteiger charge is 2.12. The number of aromatic nitrogens is 2. The fourth-order valence-corrected chi connectivity index (χ4v) is 2.30. The van der Waals surface area contributed by atoms with Gasteiger partial charge in [-0.1, -0.05) is 11.6 Å². The van der Waals surface area contributed by atoms with Crippen molar-refractivity contribution >= 4 is 40.5 Å². The molecule has 0 aliphatic rings. The summed E-state index contributed by atoms with van der Waals surface area (Å²) in [5.41, 5.74) is 13.2. The van der Waals surface area contributed by atoms with Crippen molar-refractivity contribution in [3.63, 3.8) is 0 Å². The first-order chi connectivity index (χ1) is 12.0. The zero-order valence-electron chi connectivity index (χ0n) is 13.2. The standard InChI is InChI=1S/C16H15ClN6O2/c1-9-7-10(17)4-5-11(9)21-14-13(18)15(20-8-19-14)22-23-16(24)12-3-2-6-25-12/h2-8H,18H2,1H3,(H,23,24)(H2,19,20,21,22). The van der Waals surface area contributed by atoms with Gasteiger partial charge in [-0.25, -0.2) is 9.97 Å². The van der Waals surface area contributed by atoms with Crippen molar-refractivity contribution < 1.29 is 9.21 Å².